The van der Waals surface area contributed by atoms with Crippen LogP contribution in [-0.4, -0.2) is 27.3 Å². The molecule has 116 valence electrons. The molecule has 6 nitrogen and oxygen atoms in total. The number of benzene rings is 2. The van der Waals surface area contributed by atoms with Gasteiger partial charge in [-0.2, -0.15) is 0 Å². The van der Waals surface area contributed by atoms with Crippen molar-refractivity contribution in [2.24, 2.45) is 0 Å². The fourth-order valence-corrected chi connectivity index (χ4v) is 2.10. The maximum Gasteiger partial charge on any atom is 0.295 e. The molecule has 0 spiro atoms. The fourth-order valence-electron chi connectivity index (χ4n) is 2.10. The monoisotopic (exact) mass is 308 g/mol. The van der Waals surface area contributed by atoms with Crippen molar-refractivity contribution in [2.75, 3.05) is 11.9 Å². The highest BCUT2D eigenvalue weighted by Crippen LogP contribution is 2.23. The molecule has 6 heteroatoms. The van der Waals surface area contributed by atoms with Gasteiger partial charge in [-0.3, -0.25) is 4.79 Å². The van der Waals surface area contributed by atoms with Crippen molar-refractivity contribution >= 4 is 11.6 Å². The van der Waals surface area contributed by atoms with Crippen LogP contribution in [0.25, 0.3) is 5.69 Å². The molecule has 0 unspecified atom stereocenters. The standard InChI is InChI=1S/C17H16N4O2/c1-2-23-15-11-7-6-10-14(15)19-17(22)16-18-12-21(20-16)13-8-4-3-5-9-13/h3-12H,2H2,1H3,(H,19,22). The molecule has 1 amide bonds. The van der Waals surface area contributed by atoms with Crippen molar-refractivity contribution in [2.45, 2.75) is 6.92 Å². The van der Waals surface area contributed by atoms with Crippen LogP contribution >= 0.6 is 0 Å². The zero-order valence-corrected chi connectivity index (χ0v) is 12.6. The highest BCUT2D eigenvalue weighted by Gasteiger charge is 2.14. The van der Waals surface area contributed by atoms with E-state index in [0.29, 0.717) is 18.0 Å². The third-order valence-electron chi connectivity index (χ3n) is 3.15. The van der Waals surface area contributed by atoms with E-state index < -0.39 is 0 Å². The Morgan fingerprint density at radius 2 is 1.87 bits per heavy atom. The molecule has 0 saturated heterocycles. The number of carbonyl (C=O) groups is 1. The second-order valence-corrected chi connectivity index (χ2v) is 4.73. The van der Waals surface area contributed by atoms with Gasteiger partial charge in [0.2, 0.25) is 5.82 Å². The van der Waals surface area contributed by atoms with E-state index in [1.54, 1.807) is 16.8 Å². The molecule has 0 bridgehead atoms. The summed E-state index contributed by atoms with van der Waals surface area (Å²) in [5.74, 6) is 0.331. The average molecular weight is 308 g/mol. The molecule has 0 aliphatic heterocycles. The number of ether oxygens (including phenoxy) is 1. The lowest BCUT2D eigenvalue weighted by Crippen LogP contribution is -2.15. The van der Waals surface area contributed by atoms with Gasteiger partial charge >= 0.3 is 0 Å². The van der Waals surface area contributed by atoms with Gasteiger partial charge in [0.1, 0.15) is 12.1 Å². The molecule has 3 aromatic rings. The van der Waals surface area contributed by atoms with Gasteiger partial charge < -0.3 is 10.1 Å². The Bertz CT molecular complexity index is 799. The minimum absolute atomic E-state index is 0.0974. The zero-order chi connectivity index (χ0) is 16.1. The summed E-state index contributed by atoms with van der Waals surface area (Å²) in [7, 11) is 0. The van der Waals surface area contributed by atoms with Crippen molar-refractivity contribution in [1.82, 2.24) is 14.8 Å². The maximum atomic E-state index is 12.3. The molecule has 1 N–H and O–H groups in total. The molecule has 1 heterocycles. The Hall–Kier alpha value is -3.15. The highest BCUT2D eigenvalue weighted by molar-refractivity contribution is 6.02. The molecule has 0 aliphatic rings. The van der Waals surface area contributed by atoms with Crippen molar-refractivity contribution < 1.29 is 9.53 Å². The fraction of sp³-hybridized carbons (Fsp3) is 0.118. The van der Waals surface area contributed by atoms with Crippen LogP contribution in [0.2, 0.25) is 0 Å². The Morgan fingerprint density at radius 3 is 2.65 bits per heavy atom. The van der Waals surface area contributed by atoms with E-state index in [1.165, 1.54) is 6.33 Å². The zero-order valence-electron chi connectivity index (χ0n) is 12.6. The topological polar surface area (TPSA) is 69.0 Å². The Morgan fingerprint density at radius 1 is 1.13 bits per heavy atom. The molecule has 23 heavy (non-hydrogen) atoms. The number of amides is 1. The van der Waals surface area contributed by atoms with Crippen LogP contribution in [0.1, 0.15) is 17.5 Å². The number of nitrogens with one attached hydrogen (secondary N) is 1. The van der Waals surface area contributed by atoms with E-state index in [4.69, 9.17) is 4.74 Å². The Kier molecular flexibility index (Phi) is 4.33. The lowest BCUT2D eigenvalue weighted by atomic mass is 10.3. The maximum absolute atomic E-state index is 12.3. The Labute approximate surface area is 133 Å². The first-order valence-electron chi connectivity index (χ1n) is 7.28. The smallest absolute Gasteiger partial charge is 0.295 e. The number of hydrogen-bond donors (Lipinski definition) is 1. The minimum Gasteiger partial charge on any atom is -0.492 e. The lowest BCUT2D eigenvalue weighted by Gasteiger charge is -2.09. The van der Waals surface area contributed by atoms with Gasteiger partial charge in [0.15, 0.2) is 0 Å². The first-order chi connectivity index (χ1) is 11.3. The molecule has 0 atom stereocenters. The van der Waals surface area contributed by atoms with Gasteiger partial charge in [0, 0.05) is 0 Å². The summed E-state index contributed by atoms with van der Waals surface area (Å²) in [6, 6.07) is 16.7. The summed E-state index contributed by atoms with van der Waals surface area (Å²) in [4.78, 5) is 16.4. The van der Waals surface area contributed by atoms with E-state index in [9.17, 15) is 4.79 Å². The summed E-state index contributed by atoms with van der Waals surface area (Å²) in [6.45, 7) is 2.41. The molecule has 3 rings (SSSR count). The summed E-state index contributed by atoms with van der Waals surface area (Å²) < 4.78 is 7.05. The second-order valence-electron chi connectivity index (χ2n) is 4.73. The minimum atomic E-state index is -0.383. The van der Waals surface area contributed by atoms with Crippen LogP contribution in [0.15, 0.2) is 60.9 Å². The number of nitrogens with zero attached hydrogens (tertiary/aromatic N) is 3. The lowest BCUT2D eigenvalue weighted by molar-refractivity contribution is 0.101. The largest absolute Gasteiger partial charge is 0.492 e. The third kappa shape index (κ3) is 3.37. The van der Waals surface area contributed by atoms with Gasteiger partial charge in [0.25, 0.3) is 5.91 Å². The van der Waals surface area contributed by atoms with Gasteiger partial charge in [-0.15, -0.1) is 5.10 Å². The molecular weight excluding hydrogens is 292 g/mol. The first-order valence-corrected chi connectivity index (χ1v) is 7.28. The van der Waals surface area contributed by atoms with Crippen molar-refractivity contribution in [3.05, 3.63) is 66.7 Å². The summed E-state index contributed by atoms with van der Waals surface area (Å²) in [5, 5.41) is 6.98. The molecule has 1 aromatic heterocycles. The van der Waals surface area contributed by atoms with Crippen LogP contribution < -0.4 is 10.1 Å². The summed E-state index contributed by atoms with van der Waals surface area (Å²) in [6.07, 6.45) is 1.51. The molecule has 0 aliphatic carbocycles. The van der Waals surface area contributed by atoms with Crippen LogP contribution in [0.3, 0.4) is 0 Å². The number of anilines is 1. The summed E-state index contributed by atoms with van der Waals surface area (Å²) >= 11 is 0. The van der Waals surface area contributed by atoms with E-state index in [0.717, 1.165) is 5.69 Å². The third-order valence-corrected chi connectivity index (χ3v) is 3.15. The number of hydrogen-bond acceptors (Lipinski definition) is 4. The predicted molar refractivity (Wildman–Crippen MR) is 86.9 cm³/mol. The van der Waals surface area contributed by atoms with Crippen molar-refractivity contribution in [3.63, 3.8) is 0 Å². The highest BCUT2D eigenvalue weighted by atomic mass is 16.5. The Balaban J connectivity index is 1.78. The van der Waals surface area contributed by atoms with Crippen LogP contribution in [0.5, 0.6) is 5.75 Å². The van der Waals surface area contributed by atoms with E-state index in [1.807, 2.05) is 49.4 Å². The van der Waals surface area contributed by atoms with Crippen LogP contribution in [0, 0.1) is 0 Å². The molecule has 0 fully saturated rings. The number of carbonyl (C=O) groups excluding carboxylic acids is 1. The van der Waals surface area contributed by atoms with Crippen LogP contribution in [0.4, 0.5) is 5.69 Å². The van der Waals surface area contributed by atoms with Gasteiger partial charge in [0.05, 0.1) is 18.0 Å². The average Bonchev–Trinajstić information content (AvgIpc) is 3.08. The van der Waals surface area contributed by atoms with Gasteiger partial charge in [-0.05, 0) is 31.2 Å². The normalized spacial score (nSPS) is 10.3. The molecule has 0 saturated carbocycles. The van der Waals surface area contributed by atoms with E-state index >= 15 is 0 Å². The van der Waals surface area contributed by atoms with E-state index in [-0.39, 0.29) is 11.7 Å². The quantitative estimate of drug-likeness (QED) is 0.787. The SMILES string of the molecule is CCOc1ccccc1NC(=O)c1ncn(-c2ccccc2)n1. The van der Waals surface area contributed by atoms with E-state index in [2.05, 4.69) is 15.4 Å². The first kappa shape index (κ1) is 14.8. The van der Waals surface area contributed by atoms with Crippen LogP contribution in [-0.2, 0) is 0 Å². The molecular formula is C17H16N4O2. The molecule has 2 aromatic carbocycles. The van der Waals surface area contributed by atoms with Gasteiger partial charge in [-0.25, -0.2) is 9.67 Å². The van der Waals surface area contributed by atoms with Crippen molar-refractivity contribution in [3.8, 4) is 11.4 Å². The van der Waals surface area contributed by atoms with Crippen molar-refractivity contribution in [1.29, 1.82) is 0 Å². The predicted octanol–water partition coefficient (Wildman–Crippen LogP) is 2.92. The second kappa shape index (κ2) is 6.74. The summed E-state index contributed by atoms with van der Waals surface area (Å²) in [5.41, 5.74) is 1.43. The molecule has 0 radical (unpaired) electrons. The number of para-hydroxylation sites is 3. The number of rotatable bonds is 5. The van der Waals surface area contributed by atoms with Gasteiger partial charge in [-0.1, -0.05) is 30.3 Å². The number of aromatic nitrogens is 3.